The summed E-state index contributed by atoms with van der Waals surface area (Å²) in [5.74, 6) is -2.29. The number of carboxylic acids is 1. The van der Waals surface area contributed by atoms with Gasteiger partial charge >= 0.3 is 11.9 Å². The molecule has 0 aromatic heterocycles. The van der Waals surface area contributed by atoms with Crippen molar-refractivity contribution < 1.29 is 42.9 Å². The van der Waals surface area contributed by atoms with Gasteiger partial charge in [-0.2, -0.15) is 0 Å². The minimum Gasteiger partial charge on any atom is -0.545 e. The molecule has 0 aliphatic carbocycles. The fourth-order valence-electron chi connectivity index (χ4n) is 11.6. The van der Waals surface area contributed by atoms with Gasteiger partial charge in [-0.1, -0.05) is 366 Å². The summed E-state index contributed by atoms with van der Waals surface area (Å²) in [5.41, 5.74) is 0. The molecule has 0 saturated heterocycles. The Bertz CT molecular complexity index is 2100. The van der Waals surface area contributed by atoms with Gasteiger partial charge in [0.05, 0.1) is 40.3 Å². The number of ether oxygens (including phenoxy) is 4. The average molecular weight is 1380 g/mol. The maximum atomic E-state index is 13.0. The zero-order chi connectivity index (χ0) is 71.8. The van der Waals surface area contributed by atoms with Crippen molar-refractivity contribution in [2.24, 2.45) is 0 Å². The molecule has 0 N–H and O–H groups in total. The molecule has 2 unspecified atom stereocenters. The van der Waals surface area contributed by atoms with Gasteiger partial charge in [0.25, 0.3) is 0 Å². The van der Waals surface area contributed by atoms with Crippen LogP contribution in [0.1, 0.15) is 361 Å². The lowest BCUT2D eigenvalue weighted by Gasteiger charge is -2.26. The lowest BCUT2D eigenvalue weighted by molar-refractivity contribution is -0.870. The molecule has 0 amide bonds. The van der Waals surface area contributed by atoms with Crippen molar-refractivity contribution in [1.29, 1.82) is 0 Å². The van der Waals surface area contributed by atoms with Crippen molar-refractivity contribution in [1.82, 2.24) is 0 Å². The van der Waals surface area contributed by atoms with Crippen molar-refractivity contribution in [2.75, 3.05) is 47.5 Å². The molecule has 0 saturated carbocycles. The Labute approximate surface area is 611 Å². The summed E-state index contributed by atoms with van der Waals surface area (Å²) < 4.78 is 22.9. The predicted octanol–water partition coefficient (Wildman–Crippen LogP) is 25.5. The van der Waals surface area contributed by atoms with Gasteiger partial charge in [-0.05, 0) is 116 Å². The van der Waals surface area contributed by atoms with E-state index in [1.165, 1.54) is 218 Å². The van der Waals surface area contributed by atoms with Crippen LogP contribution in [-0.2, 0) is 33.3 Å². The largest absolute Gasteiger partial charge is 0.545 e. The highest BCUT2D eigenvalue weighted by Gasteiger charge is 2.22. The first kappa shape index (κ1) is 94.4. The van der Waals surface area contributed by atoms with Gasteiger partial charge in [-0.3, -0.25) is 9.59 Å². The number of quaternary nitrogens is 1. The summed E-state index contributed by atoms with van der Waals surface area (Å²) in [7, 11) is 5.93. The summed E-state index contributed by atoms with van der Waals surface area (Å²) in [6.45, 7) is 4.64. The number of carboxylic acid groups (broad SMARTS) is 1. The molecule has 0 spiro atoms. The van der Waals surface area contributed by atoms with E-state index < -0.39 is 24.3 Å². The van der Waals surface area contributed by atoms with Crippen LogP contribution < -0.4 is 5.11 Å². The lowest BCUT2D eigenvalue weighted by Crippen LogP contribution is -2.44. The van der Waals surface area contributed by atoms with E-state index in [9.17, 15) is 19.5 Å². The molecule has 568 valence electrons. The highest BCUT2D eigenvalue weighted by atomic mass is 16.7. The summed E-state index contributed by atoms with van der Waals surface area (Å²) in [5, 5.41) is 11.9. The van der Waals surface area contributed by atoms with Crippen LogP contribution in [0.2, 0.25) is 0 Å². The van der Waals surface area contributed by atoms with E-state index in [2.05, 4.69) is 148 Å². The maximum absolute atomic E-state index is 13.0. The highest BCUT2D eigenvalue weighted by molar-refractivity contribution is 5.70. The Hall–Kier alpha value is -4.57. The highest BCUT2D eigenvalue weighted by Crippen LogP contribution is 2.19. The quantitative estimate of drug-likeness (QED) is 0.0195. The molecule has 0 rings (SSSR count). The molecule has 0 bridgehead atoms. The minimum atomic E-state index is -1.63. The first-order valence-corrected chi connectivity index (χ1v) is 41.3. The predicted molar refractivity (Wildman–Crippen MR) is 426 cm³/mol. The molecule has 9 nitrogen and oxygen atoms in total. The van der Waals surface area contributed by atoms with Gasteiger partial charge in [0.1, 0.15) is 13.2 Å². The molecular weight excluding hydrogens is 1220 g/mol. The monoisotopic (exact) mass is 1380 g/mol. The Kier molecular flexibility index (Phi) is 75.5. The van der Waals surface area contributed by atoms with Crippen LogP contribution in [0.3, 0.4) is 0 Å². The van der Waals surface area contributed by atoms with Crippen LogP contribution in [0.4, 0.5) is 0 Å². The van der Waals surface area contributed by atoms with Crippen LogP contribution in [0.15, 0.2) is 134 Å². The zero-order valence-electron chi connectivity index (χ0n) is 65.1. The van der Waals surface area contributed by atoms with Crippen molar-refractivity contribution in [2.45, 2.75) is 373 Å². The minimum absolute atomic E-state index is 0.141. The second kappa shape index (κ2) is 79.1. The summed E-state index contributed by atoms with van der Waals surface area (Å²) in [6, 6.07) is 0. The third-order valence-electron chi connectivity index (χ3n) is 17.9. The SMILES string of the molecule is CC/C=C\C/C=C\C/C=C\C/C=C\C/C=C\C/C=C\C/C=C\C/C=C\C/C=C\CCCCCCCCCC(=O)OC(COC(=O)CCCCCCCCCCCCCCCCCCCCCCCCCCCCC/C=C\C/C=C\CCCCCCC)COC(OCC[N+](C)(C)C)C(=O)[O-]. The summed E-state index contributed by atoms with van der Waals surface area (Å²) >= 11 is 0. The molecule has 9 heteroatoms. The van der Waals surface area contributed by atoms with Gasteiger partial charge in [-0.15, -0.1) is 0 Å². The number of allylic oxidation sites excluding steroid dienone is 22. The van der Waals surface area contributed by atoms with Gasteiger partial charge in [0.15, 0.2) is 12.4 Å². The van der Waals surface area contributed by atoms with E-state index in [1.807, 2.05) is 21.1 Å². The van der Waals surface area contributed by atoms with E-state index in [1.54, 1.807) is 0 Å². The van der Waals surface area contributed by atoms with Gasteiger partial charge in [0, 0.05) is 12.8 Å². The molecule has 0 fully saturated rings. The van der Waals surface area contributed by atoms with Crippen molar-refractivity contribution in [3.63, 3.8) is 0 Å². The fraction of sp³-hybridized carbons (Fsp3) is 0.722. The Morgan fingerprint density at radius 1 is 0.313 bits per heavy atom. The molecule has 99 heavy (non-hydrogen) atoms. The number of hydrogen-bond acceptors (Lipinski definition) is 8. The standard InChI is InChI=1S/C90H155NO8/c1-6-8-10-12-14-16-18-20-22-24-26-28-30-32-34-36-38-40-42-43-44-45-47-48-50-52-54-56-58-60-62-64-66-68-70-72-74-76-78-80-87(92)97-84-86(85-98-90(89(94)95)96-83-82-91(3,4)5)99-88(93)81-79-77-75-73-71-69-67-65-63-61-59-57-55-53-51-49-46-41-39-37-35-33-31-29-27-25-23-21-19-17-15-13-11-9-7-2/h9,11,15,17-18,20-21,23-24,26-27,29,33,35,39,41,49,51,55,57,61,63,86,90H,6-8,10,12-14,16,19,22,25,28,30-32,34,36-38,40,42-48,50,52-54,56,58-60,62,64-85H2,1-5H3/b11-9-,17-15-,20-18-,23-21-,26-24-,29-27-,35-33-,41-39-,51-49-,57-55-,63-61-. The molecular formula is C90H155NO8. The van der Waals surface area contributed by atoms with E-state index in [0.29, 0.717) is 17.4 Å². The number of carbonyl (C=O) groups excluding carboxylic acids is 3. The average Bonchev–Trinajstić information content (AvgIpc) is 1.16. The fourth-order valence-corrected chi connectivity index (χ4v) is 11.6. The van der Waals surface area contributed by atoms with Crippen LogP contribution in [0, 0.1) is 0 Å². The molecule has 0 heterocycles. The third-order valence-corrected chi connectivity index (χ3v) is 17.9. The Morgan fingerprint density at radius 3 is 0.859 bits per heavy atom. The number of likely N-dealkylation sites (N-methyl/N-ethyl adjacent to an activating group) is 1. The molecule has 0 aliphatic heterocycles. The summed E-state index contributed by atoms with van der Waals surface area (Å²) in [4.78, 5) is 37.6. The molecule has 0 aliphatic rings. The van der Waals surface area contributed by atoms with E-state index in [4.69, 9.17) is 18.9 Å². The molecule has 0 radical (unpaired) electrons. The van der Waals surface area contributed by atoms with Crippen LogP contribution >= 0.6 is 0 Å². The van der Waals surface area contributed by atoms with Gasteiger partial charge in [-0.25, -0.2) is 0 Å². The number of rotatable bonds is 76. The number of carbonyl (C=O) groups is 3. The normalized spacial score (nSPS) is 13.3. The first-order chi connectivity index (χ1) is 48.6. The van der Waals surface area contributed by atoms with Crippen LogP contribution in [0.25, 0.3) is 0 Å². The number of hydrogen-bond donors (Lipinski definition) is 0. The number of esters is 2. The Morgan fingerprint density at radius 2 is 0.576 bits per heavy atom. The van der Waals surface area contributed by atoms with E-state index in [-0.39, 0.29) is 38.6 Å². The zero-order valence-corrected chi connectivity index (χ0v) is 65.1. The maximum Gasteiger partial charge on any atom is 0.306 e. The van der Waals surface area contributed by atoms with Crippen LogP contribution in [-0.4, -0.2) is 82.3 Å². The van der Waals surface area contributed by atoms with E-state index >= 15 is 0 Å². The Balaban J connectivity index is 4.04. The molecule has 2 atom stereocenters. The van der Waals surface area contributed by atoms with Crippen molar-refractivity contribution >= 4 is 17.9 Å². The third kappa shape index (κ3) is 80.6. The first-order valence-electron chi connectivity index (χ1n) is 41.3. The van der Waals surface area contributed by atoms with Crippen molar-refractivity contribution in [3.8, 4) is 0 Å². The molecule has 0 aromatic rings. The topological polar surface area (TPSA) is 111 Å². The van der Waals surface area contributed by atoms with E-state index in [0.717, 1.165) is 109 Å². The number of unbranched alkanes of at least 4 members (excludes halogenated alkanes) is 39. The van der Waals surface area contributed by atoms with Crippen LogP contribution in [0.5, 0.6) is 0 Å². The van der Waals surface area contributed by atoms with Gasteiger partial charge < -0.3 is 33.3 Å². The second-order valence-electron chi connectivity index (χ2n) is 28.7. The summed E-state index contributed by atoms with van der Waals surface area (Å²) in [6.07, 6.45) is 112. The lowest BCUT2D eigenvalue weighted by atomic mass is 10.0. The molecule has 0 aromatic carbocycles. The van der Waals surface area contributed by atoms with Gasteiger partial charge in [0.2, 0.25) is 0 Å². The number of nitrogens with zero attached hydrogens (tertiary/aromatic N) is 1. The second-order valence-corrected chi connectivity index (χ2v) is 28.7. The smallest absolute Gasteiger partial charge is 0.306 e. The van der Waals surface area contributed by atoms with Crippen molar-refractivity contribution in [3.05, 3.63) is 134 Å². The number of aliphatic carboxylic acids is 1.